The van der Waals surface area contributed by atoms with Gasteiger partial charge in [-0.15, -0.1) is 0 Å². The van der Waals surface area contributed by atoms with Gasteiger partial charge in [0, 0.05) is 37.2 Å². The Morgan fingerprint density at radius 1 is 1.03 bits per heavy atom. The highest BCUT2D eigenvalue weighted by atomic mass is 16.7. The molecule has 2 aromatic heterocycles. The summed E-state index contributed by atoms with van der Waals surface area (Å²) in [5.74, 6) is -0.990. The van der Waals surface area contributed by atoms with E-state index in [0.717, 1.165) is 0 Å². The van der Waals surface area contributed by atoms with Gasteiger partial charge in [-0.05, 0) is 18.2 Å². The van der Waals surface area contributed by atoms with Crippen LogP contribution in [0.5, 0.6) is 11.5 Å². The number of anilines is 1. The van der Waals surface area contributed by atoms with Gasteiger partial charge in [-0.3, -0.25) is 9.69 Å². The Morgan fingerprint density at radius 3 is 2.44 bits per heavy atom. The standard InChI is InChI=1S/C18H16N6O4.C2H2O4/c25-15(21-12-2-3-13-14(6-12)27-10-26-13)9-24-7-11(8-24)18-22-17(23-28-18)16-19-4-1-5-20-16;3-1(4)2(5)6/h1-6,11H,7-10H2,(H,21,25);(H,3,4)(H,5,6). The van der Waals surface area contributed by atoms with Crippen molar-refractivity contribution in [2.24, 2.45) is 0 Å². The minimum Gasteiger partial charge on any atom is -0.473 e. The number of carboxylic acids is 2. The van der Waals surface area contributed by atoms with Gasteiger partial charge < -0.3 is 29.5 Å². The summed E-state index contributed by atoms with van der Waals surface area (Å²) in [7, 11) is 0. The van der Waals surface area contributed by atoms with Gasteiger partial charge in [0.25, 0.3) is 0 Å². The molecule has 1 amide bonds. The van der Waals surface area contributed by atoms with Crippen LogP contribution in [0.15, 0.2) is 41.2 Å². The number of rotatable bonds is 5. The first-order valence-corrected chi connectivity index (χ1v) is 9.88. The molecular weight excluding hydrogens is 452 g/mol. The number of ether oxygens (including phenoxy) is 2. The van der Waals surface area contributed by atoms with Crippen molar-refractivity contribution in [3.63, 3.8) is 0 Å². The molecule has 0 spiro atoms. The Kier molecular flexibility index (Phi) is 6.59. The molecule has 0 aliphatic carbocycles. The van der Waals surface area contributed by atoms with Crippen LogP contribution >= 0.6 is 0 Å². The zero-order valence-corrected chi connectivity index (χ0v) is 17.4. The van der Waals surface area contributed by atoms with Crippen molar-refractivity contribution in [3.8, 4) is 23.1 Å². The second-order valence-electron chi connectivity index (χ2n) is 7.15. The molecular formula is C20H18N6O8. The fraction of sp³-hybridized carbons (Fsp3) is 0.250. The number of carbonyl (C=O) groups excluding carboxylic acids is 1. The van der Waals surface area contributed by atoms with E-state index in [1.54, 1.807) is 36.7 Å². The number of nitrogens with one attached hydrogen (secondary N) is 1. The lowest BCUT2D eigenvalue weighted by atomic mass is 10.0. The first-order chi connectivity index (χ1) is 16.4. The van der Waals surface area contributed by atoms with Crippen LogP contribution in [0.1, 0.15) is 11.8 Å². The zero-order valence-electron chi connectivity index (χ0n) is 17.4. The van der Waals surface area contributed by atoms with Crippen molar-refractivity contribution in [2.75, 3.05) is 31.7 Å². The fourth-order valence-corrected chi connectivity index (χ4v) is 3.14. The van der Waals surface area contributed by atoms with Gasteiger partial charge in [-0.1, -0.05) is 5.16 Å². The minimum atomic E-state index is -1.82. The number of fused-ring (bicyclic) bond motifs is 1. The summed E-state index contributed by atoms with van der Waals surface area (Å²) in [4.78, 5) is 45.0. The third-order valence-corrected chi connectivity index (χ3v) is 4.72. The van der Waals surface area contributed by atoms with E-state index in [2.05, 4.69) is 25.4 Å². The molecule has 176 valence electrons. The second kappa shape index (κ2) is 9.91. The minimum absolute atomic E-state index is 0.0961. The number of hydrogen-bond acceptors (Lipinski definition) is 11. The molecule has 1 aromatic carbocycles. The molecule has 1 fully saturated rings. The van der Waals surface area contributed by atoms with Crippen LogP contribution in [0.3, 0.4) is 0 Å². The van der Waals surface area contributed by atoms with Gasteiger partial charge in [-0.25, -0.2) is 19.6 Å². The third kappa shape index (κ3) is 5.42. The topological polar surface area (TPSA) is 190 Å². The van der Waals surface area contributed by atoms with Gasteiger partial charge in [0.2, 0.25) is 30.2 Å². The van der Waals surface area contributed by atoms with E-state index in [0.29, 0.717) is 47.8 Å². The number of aliphatic carboxylic acids is 2. The molecule has 0 bridgehead atoms. The maximum Gasteiger partial charge on any atom is 0.414 e. The van der Waals surface area contributed by atoms with Crippen LogP contribution < -0.4 is 14.8 Å². The Balaban J connectivity index is 0.000000408. The number of likely N-dealkylation sites (tertiary alicyclic amines) is 1. The SMILES string of the molecule is O=C(CN1CC(c2nc(-c3ncccn3)no2)C1)Nc1ccc2c(c1)OCO2.O=C(O)C(=O)O. The predicted octanol–water partition coefficient (Wildman–Crippen LogP) is 0.449. The third-order valence-electron chi connectivity index (χ3n) is 4.72. The maximum absolute atomic E-state index is 12.3. The van der Waals surface area contributed by atoms with Gasteiger partial charge in [0.1, 0.15) is 0 Å². The van der Waals surface area contributed by atoms with Crippen molar-refractivity contribution in [2.45, 2.75) is 5.92 Å². The fourth-order valence-electron chi connectivity index (χ4n) is 3.14. The Morgan fingerprint density at radius 2 is 1.74 bits per heavy atom. The van der Waals surface area contributed by atoms with Crippen LogP contribution in [-0.2, 0) is 14.4 Å². The summed E-state index contributed by atoms with van der Waals surface area (Å²) in [6, 6.07) is 7.05. The molecule has 1 saturated heterocycles. The van der Waals surface area contributed by atoms with E-state index < -0.39 is 11.9 Å². The van der Waals surface area contributed by atoms with Gasteiger partial charge in [0.15, 0.2) is 11.5 Å². The quantitative estimate of drug-likeness (QED) is 0.436. The van der Waals surface area contributed by atoms with E-state index >= 15 is 0 Å². The van der Waals surface area contributed by atoms with Gasteiger partial charge >= 0.3 is 11.9 Å². The second-order valence-corrected chi connectivity index (χ2v) is 7.15. The van der Waals surface area contributed by atoms with Crippen LogP contribution in [0, 0.1) is 0 Å². The molecule has 3 aromatic rings. The molecule has 0 atom stereocenters. The molecule has 14 nitrogen and oxygen atoms in total. The predicted molar refractivity (Wildman–Crippen MR) is 111 cm³/mol. The molecule has 2 aliphatic heterocycles. The summed E-state index contributed by atoms with van der Waals surface area (Å²) < 4.78 is 15.9. The highest BCUT2D eigenvalue weighted by Crippen LogP contribution is 2.34. The van der Waals surface area contributed by atoms with E-state index in [9.17, 15) is 4.79 Å². The highest BCUT2D eigenvalue weighted by Gasteiger charge is 2.34. The molecule has 3 N–H and O–H groups in total. The summed E-state index contributed by atoms with van der Waals surface area (Å²) in [5.41, 5.74) is 0.677. The summed E-state index contributed by atoms with van der Waals surface area (Å²) in [6.45, 7) is 1.83. The Hall–Kier alpha value is -4.59. The van der Waals surface area contributed by atoms with Crippen LogP contribution in [0.2, 0.25) is 0 Å². The highest BCUT2D eigenvalue weighted by molar-refractivity contribution is 6.27. The molecule has 14 heteroatoms. The van der Waals surface area contributed by atoms with Crippen molar-refractivity contribution < 1.29 is 38.6 Å². The first-order valence-electron chi connectivity index (χ1n) is 9.88. The average Bonchev–Trinajstić information content (AvgIpc) is 3.46. The van der Waals surface area contributed by atoms with E-state index in [1.165, 1.54) is 0 Å². The van der Waals surface area contributed by atoms with E-state index in [-0.39, 0.29) is 25.2 Å². The molecule has 2 aliphatic rings. The van der Waals surface area contributed by atoms with Crippen LogP contribution in [0.25, 0.3) is 11.6 Å². The Bertz CT molecular complexity index is 1180. The van der Waals surface area contributed by atoms with Gasteiger partial charge in [-0.2, -0.15) is 4.98 Å². The van der Waals surface area contributed by atoms with Crippen LogP contribution in [-0.4, -0.2) is 79.5 Å². The van der Waals surface area contributed by atoms with E-state index in [1.807, 2.05) is 4.90 Å². The van der Waals surface area contributed by atoms with Crippen molar-refractivity contribution in [1.82, 2.24) is 25.0 Å². The summed E-state index contributed by atoms with van der Waals surface area (Å²) in [6.07, 6.45) is 3.25. The van der Waals surface area contributed by atoms with E-state index in [4.69, 9.17) is 33.8 Å². The number of nitrogens with zero attached hydrogens (tertiary/aromatic N) is 5. The molecule has 4 heterocycles. The largest absolute Gasteiger partial charge is 0.473 e. The molecule has 0 unspecified atom stereocenters. The number of carboxylic acid groups (broad SMARTS) is 2. The summed E-state index contributed by atoms with van der Waals surface area (Å²) >= 11 is 0. The normalized spacial score (nSPS) is 14.5. The number of amides is 1. The number of carbonyl (C=O) groups is 3. The van der Waals surface area contributed by atoms with Crippen molar-refractivity contribution >= 4 is 23.5 Å². The monoisotopic (exact) mass is 470 g/mol. The zero-order chi connectivity index (χ0) is 24.1. The molecule has 34 heavy (non-hydrogen) atoms. The summed E-state index contributed by atoms with van der Waals surface area (Å²) in [5, 5.41) is 21.6. The lowest BCUT2D eigenvalue weighted by Crippen LogP contribution is -2.48. The Labute approximate surface area is 191 Å². The maximum atomic E-state index is 12.3. The smallest absolute Gasteiger partial charge is 0.414 e. The lowest BCUT2D eigenvalue weighted by Gasteiger charge is -2.36. The first kappa shape index (κ1) is 22.6. The molecule has 0 saturated carbocycles. The average molecular weight is 470 g/mol. The lowest BCUT2D eigenvalue weighted by molar-refractivity contribution is -0.159. The van der Waals surface area contributed by atoms with Crippen molar-refractivity contribution in [3.05, 3.63) is 42.5 Å². The van der Waals surface area contributed by atoms with Gasteiger partial charge in [0.05, 0.1) is 12.5 Å². The number of hydrogen-bond donors (Lipinski definition) is 3. The van der Waals surface area contributed by atoms with Crippen LogP contribution in [0.4, 0.5) is 5.69 Å². The molecule has 0 radical (unpaired) electrons. The molecule has 5 rings (SSSR count). The van der Waals surface area contributed by atoms with Crippen molar-refractivity contribution in [1.29, 1.82) is 0 Å². The number of aromatic nitrogens is 4. The number of benzene rings is 1.